The lowest BCUT2D eigenvalue weighted by molar-refractivity contribution is -0.00114. The molecule has 35 heavy (non-hydrogen) atoms. The standard InChI is InChI=1S/C25H34ClF2N5O2/c1-23(2,3)35-22(34)31-10-7-24(8-11-31)14-25(27,28)15-32(24)13-17-4-5-18(12-17)33-9-6-19-20(26)29-16-30-21(19)33/h6,9,16-18H,4-5,7-8,10-15H2,1-3H3/t17-,18+/m1/s1. The van der Waals surface area contributed by atoms with Gasteiger partial charge in [-0.3, -0.25) is 4.90 Å². The van der Waals surface area contributed by atoms with Crippen LogP contribution in [0.2, 0.25) is 5.15 Å². The minimum absolute atomic E-state index is 0.129. The Hall–Kier alpha value is -2.00. The van der Waals surface area contributed by atoms with E-state index in [9.17, 15) is 13.6 Å². The van der Waals surface area contributed by atoms with Crippen LogP contribution in [-0.2, 0) is 4.74 Å². The number of amides is 1. The predicted molar refractivity (Wildman–Crippen MR) is 130 cm³/mol. The number of piperidine rings is 1. The Balaban J connectivity index is 1.25. The highest BCUT2D eigenvalue weighted by molar-refractivity contribution is 6.33. The molecule has 1 saturated carbocycles. The summed E-state index contributed by atoms with van der Waals surface area (Å²) in [4.78, 5) is 24.7. The van der Waals surface area contributed by atoms with E-state index in [1.165, 1.54) is 6.33 Å². The summed E-state index contributed by atoms with van der Waals surface area (Å²) in [6, 6.07) is 2.22. The number of aromatic nitrogens is 3. The van der Waals surface area contributed by atoms with Crippen LogP contribution in [0.4, 0.5) is 13.6 Å². The molecule has 10 heteroatoms. The summed E-state index contributed by atoms with van der Waals surface area (Å²) < 4.78 is 37.1. The van der Waals surface area contributed by atoms with Crippen molar-refractivity contribution in [1.29, 1.82) is 0 Å². The molecule has 1 amide bonds. The van der Waals surface area contributed by atoms with Crippen molar-refractivity contribution >= 4 is 28.7 Å². The van der Waals surface area contributed by atoms with Crippen LogP contribution in [0.15, 0.2) is 18.6 Å². The maximum atomic E-state index is 14.7. The number of ether oxygens (including phenoxy) is 1. The largest absolute Gasteiger partial charge is 0.444 e. The zero-order chi connectivity index (χ0) is 25.0. The Morgan fingerprint density at radius 1 is 1.23 bits per heavy atom. The highest BCUT2D eigenvalue weighted by Crippen LogP contribution is 2.47. The fourth-order valence-electron chi connectivity index (χ4n) is 6.29. The monoisotopic (exact) mass is 509 g/mol. The van der Waals surface area contributed by atoms with Crippen LogP contribution >= 0.6 is 11.6 Å². The van der Waals surface area contributed by atoms with Crippen molar-refractivity contribution in [2.75, 3.05) is 26.2 Å². The number of carbonyl (C=O) groups excluding carboxylic acids is 1. The third kappa shape index (κ3) is 4.99. The third-order valence-corrected chi connectivity index (χ3v) is 8.17. The van der Waals surface area contributed by atoms with Gasteiger partial charge >= 0.3 is 6.09 Å². The molecule has 3 fully saturated rings. The van der Waals surface area contributed by atoms with Crippen LogP contribution in [0.1, 0.15) is 65.3 Å². The smallest absolute Gasteiger partial charge is 0.410 e. The van der Waals surface area contributed by atoms with Crippen molar-refractivity contribution in [3.05, 3.63) is 23.7 Å². The van der Waals surface area contributed by atoms with Gasteiger partial charge in [0.2, 0.25) is 0 Å². The molecule has 1 spiro atoms. The van der Waals surface area contributed by atoms with Crippen molar-refractivity contribution in [3.63, 3.8) is 0 Å². The van der Waals surface area contributed by atoms with E-state index < -0.39 is 17.1 Å². The van der Waals surface area contributed by atoms with Gasteiger partial charge in [0.25, 0.3) is 5.92 Å². The highest BCUT2D eigenvalue weighted by Gasteiger charge is 2.56. The van der Waals surface area contributed by atoms with E-state index in [1.807, 2.05) is 37.9 Å². The van der Waals surface area contributed by atoms with E-state index in [-0.39, 0.29) is 25.1 Å². The van der Waals surface area contributed by atoms with Gasteiger partial charge in [0.15, 0.2) is 0 Å². The Kier molecular flexibility index (Phi) is 6.23. The van der Waals surface area contributed by atoms with Gasteiger partial charge in [-0.05, 0) is 64.9 Å². The molecule has 2 saturated heterocycles. The van der Waals surface area contributed by atoms with E-state index in [1.54, 1.807) is 4.90 Å². The molecule has 2 aromatic rings. The normalized spacial score (nSPS) is 26.6. The molecule has 2 atom stereocenters. The summed E-state index contributed by atoms with van der Waals surface area (Å²) in [5, 5.41) is 1.29. The molecule has 0 bridgehead atoms. The van der Waals surface area contributed by atoms with Crippen LogP contribution < -0.4 is 0 Å². The van der Waals surface area contributed by atoms with Gasteiger partial charge in [0.1, 0.15) is 22.7 Å². The van der Waals surface area contributed by atoms with Gasteiger partial charge < -0.3 is 14.2 Å². The van der Waals surface area contributed by atoms with E-state index >= 15 is 0 Å². The lowest BCUT2D eigenvalue weighted by atomic mass is 9.84. The predicted octanol–water partition coefficient (Wildman–Crippen LogP) is 5.54. The maximum absolute atomic E-state index is 14.7. The first-order chi connectivity index (χ1) is 16.4. The average molecular weight is 510 g/mol. The molecule has 7 nitrogen and oxygen atoms in total. The minimum Gasteiger partial charge on any atom is -0.444 e. The second kappa shape index (κ2) is 8.83. The number of nitrogens with zero attached hydrogens (tertiary/aromatic N) is 5. The first-order valence-electron chi connectivity index (χ1n) is 12.5. The zero-order valence-corrected chi connectivity index (χ0v) is 21.4. The van der Waals surface area contributed by atoms with Crippen molar-refractivity contribution in [2.24, 2.45) is 5.92 Å². The van der Waals surface area contributed by atoms with E-state index in [2.05, 4.69) is 14.5 Å². The zero-order valence-electron chi connectivity index (χ0n) is 20.6. The van der Waals surface area contributed by atoms with Crippen molar-refractivity contribution < 1.29 is 18.3 Å². The molecule has 5 rings (SSSR count). The number of alkyl halides is 2. The van der Waals surface area contributed by atoms with Crippen LogP contribution in [-0.4, -0.2) is 73.7 Å². The molecule has 4 heterocycles. The topological polar surface area (TPSA) is 63.5 Å². The molecular formula is C25H34ClF2N5O2. The third-order valence-electron chi connectivity index (χ3n) is 7.87. The second-order valence-electron chi connectivity index (χ2n) is 11.6. The first-order valence-corrected chi connectivity index (χ1v) is 12.9. The van der Waals surface area contributed by atoms with Crippen LogP contribution in [0.25, 0.3) is 11.0 Å². The fourth-order valence-corrected chi connectivity index (χ4v) is 6.48. The van der Waals surface area contributed by atoms with Crippen molar-refractivity contribution in [1.82, 2.24) is 24.3 Å². The number of rotatable bonds is 3. The lowest BCUT2D eigenvalue weighted by Gasteiger charge is -2.45. The number of hydrogen-bond acceptors (Lipinski definition) is 5. The van der Waals surface area contributed by atoms with Crippen LogP contribution in [0.3, 0.4) is 0 Å². The van der Waals surface area contributed by atoms with Gasteiger partial charge in [-0.2, -0.15) is 0 Å². The molecule has 1 aliphatic carbocycles. The number of halogens is 3. The highest BCUT2D eigenvalue weighted by atomic mass is 35.5. The Morgan fingerprint density at radius 2 is 1.97 bits per heavy atom. The number of likely N-dealkylation sites (tertiary alicyclic amines) is 2. The van der Waals surface area contributed by atoms with E-state index in [0.717, 1.165) is 30.3 Å². The quantitative estimate of drug-likeness (QED) is 0.508. The van der Waals surface area contributed by atoms with Crippen LogP contribution in [0, 0.1) is 5.92 Å². The average Bonchev–Trinajstić information content (AvgIpc) is 3.44. The first kappa shape index (κ1) is 24.7. The molecular weight excluding hydrogens is 476 g/mol. The number of carbonyl (C=O) groups is 1. The summed E-state index contributed by atoms with van der Waals surface area (Å²) in [5.41, 5.74) is -0.296. The molecule has 0 unspecified atom stereocenters. The second-order valence-corrected chi connectivity index (χ2v) is 11.9. The van der Waals surface area contributed by atoms with Crippen molar-refractivity contribution in [3.8, 4) is 0 Å². The van der Waals surface area contributed by atoms with Gasteiger partial charge in [0, 0.05) is 43.8 Å². The number of hydrogen-bond donors (Lipinski definition) is 0. The minimum atomic E-state index is -2.70. The molecule has 2 aliphatic heterocycles. The molecule has 0 N–H and O–H groups in total. The van der Waals surface area contributed by atoms with Crippen molar-refractivity contribution in [2.45, 2.75) is 82.4 Å². The number of fused-ring (bicyclic) bond motifs is 1. The maximum Gasteiger partial charge on any atom is 0.410 e. The molecule has 3 aliphatic rings. The molecule has 2 aromatic heterocycles. The fraction of sp³-hybridized carbons (Fsp3) is 0.720. The Morgan fingerprint density at radius 3 is 2.69 bits per heavy atom. The summed E-state index contributed by atoms with van der Waals surface area (Å²) in [5.74, 6) is -2.36. The van der Waals surface area contributed by atoms with E-state index in [0.29, 0.717) is 43.5 Å². The summed E-state index contributed by atoms with van der Waals surface area (Å²) in [6.07, 6.45) is 7.01. The summed E-state index contributed by atoms with van der Waals surface area (Å²) in [7, 11) is 0. The SMILES string of the molecule is CC(C)(C)OC(=O)N1CCC2(CC1)CC(F)(F)CN2C[C@@H]1CC[C@H](n2ccc3c(Cl)ncnc32)C1. The van der Waals surface area contributed by atoms with Gasteiger partial charge in [-0.25, -0.2) is 23.5 Å². The van der Waals surface area contributed by atoms with Gasteiger partial charge in [0.05, 0.1) is 11.9 Å². The van der Waals surface area contributed by atoms with Gasteiger partial charge in [-0.15, -0.1) is 0 Å². The summed E-state index contributed by atoms with van der Waals surface area (Å²) >= 11 is 6.22. The van der Waals surface area contributed by atoms with Gasteiger partial charge in [-0.1, -0.05) is 11.6 Å². The van der Waals surface area contributed by atoms with E-state index in [4.69, 9.17) is 16.3 Å². The molecule has 0 aromatic carbocycles. The lowest BCUT2D eigenvalue weighted by Crippen LogP contribution is -2.54. The Labute approximate surface area is 209 Å². The van der Waals surface area contributed by atoms with Crippen LogP contribution in [0.5, 0.6) is 0 Å². The summed E-state index contributed by atoms with van der Waals surface area (Å²) in [6.45, 7) is 6.87. The molecule has 0 radical (unpaired) electrons. The molecule has 192 valence electrons. The Bertz CT molecular complexity index is 1090.